The summed E-state index contributed by atoms with van der Waals surface area (Å²) in [4.78, 5) is 10.7. The molecule has 1 spiro atoms. The smallest absolute Gasteiger partial charge is 0.220 e. The Labute approximate surface area is 66.0 Å². The van der Waals surface area contributed by atoms with Crippen LogP contribution in [0.2, 0.25) is 0 Å². The van der Waals surface area contributed by atoms with E-state index in [1.54, 1.807) is 0 Å². The van der Waals surface area contributed by atoms with Crippen LogP contribution in [0.5, 0.6) is 0 Å². The standard InChI is InChI=1S/C6H10N2O.ClH/c9-5-1-6(4-8-5)2-7-3-6;/h7H,1-4H2,(H,8,9);1H. The largest absolute Gasteiger partial charge is 0.355 e. The fourth-order valence-corrected chi connectivity index (χ4v) is 1.48. The van der Waals surface area contributed by atoms with Crippen LogP contribution in [0.3, 0.4) is 0 Å². The Kier molecular flexibility index (Phi) is 1.88. The zero-order valence-electron chi connectivity index (χ0n) is 5.64. The first kappa shape index (κ1) is 7.82. The maximum absolute atomic E-state index is 10.7. The van der Waals surface area contributed by atoms with Crippen molar-refractivity contribution in [3.63, 3.8) is 0 Å². The van der Waals surface area contributed by atoms with Gasteiger partial charge in [0.2, 0.25) is 5.91 Å². The Morgan fingerprint density at radius 1 is 1.30 bits per heavy atom. The highest BCUT2D eigenvalue weighted by molar-refractivity contribution is 5.85. The number of hydrogen-bond acceptors (Lipinski definition) is 2. The summed E-state index contributed by atoms with van der Waals surface area (Å²) in [5.74, 6) is 0.219. The van der Waals surface area contributed by atoms with Gasteiger partial charge in [-0.15, -0.1) is 12.4 Å². The van der Waals surface area contributed by atoms with E-state index in [0.717, 1.165) is 26.1 Å². The van der Waals surface area contributed by atoms with Crippen LogP contribution in [0.25, 0.3) is 0 Å². The number of carbonyl (C=O) groups excluding carboxylic acids is 1. The molecule has 2 saturated heterocycles. The van der Waals surface area contributed by atoms with Crippen molar-refractivity contribution < 1.29 is 4.79 Å². The number of carbonyl (C=O) groups is 1. The van der Waals surface area contributed by atoms with Gasteiger partial charge in [0.1, 0.15) is 0 Å². The molecular weight excluding hydrogens is 152 g/mol. The quantitative estimate of drug-likeness (QED) is 0.505. The van der Waals surface area contributed by atoms with E-state index < -0.39 is 0 Å². The van der Waals surface area contributed by atoms with Gasteiger partial charge >= 0.3 is 0 Å². The van der Waals surface area contributed by atoms with Crippen molar-refractivity contribution in [3.05, 3.63) is 0 Å². The lowest BCUT2D eigenvalue weighted by Gasteiger charge is -2.37. The van der Waals surface area contributed by atoms with Gasteiger partial charge in [0.05, 0.1) is 0 Å². The molecule has 0 aromatic heterocycles. The molecule has 0 unspecified atom stereocenters. The van der Waals surface area contributed by atoms with E-state index >= 15 is 0 Å². The monoisotopic (exact) mass is 162 g/mol. The highest BCUT2D eigenvalue weighted by Crippen LogP contribution is 2.29. The normalized spacial score (nSPS) is 27.0. The van der Waals surface area contributed by atoms with Crippen LogP contribution >= 0.6 is 12.4 Å². The zero-order chi connectivity index (χ0) is 6.32. The fraction of sp³-hybridized carbons (Fsp3) is 0.833. The molecule has 0 radical (unpaired) electrons. The predicted octanol–water partition coefficient (Wildman–Crippen LogP) is -0.482. The lowest BCUT2D eigenvalue weighted by molar-refractivity contribution is -0.119. The molecule has 0 aliphatic carbocycles. The minimum atomic E-state index is 0. The van der Waals surface area contributed by atoms with Gasteiger partial charge in [-0.2, -0.15) is 0 Å². The highest BCUT2D eigenvalue weighted by Gasteiger charge is 2.43. The van der Waals surface area contributed by atoms with Crippen LogP contribution < -0.4 is 10.6 Å². The van der Waals surface area contributed by atoms with Crippen molar-refractivity contribution in [2.24, 2.45) is 5.41 Å². The van der Waals surface area contributed by atoms with Crippen LogP contribution in [0, 0.1) is 5.41 Å². The van der Waals surface area contributed by atoms with E-state index in [-0.39, 0.29) is 18.3 Å². The minimum absolute atomic E-state index is 0. The van der Waals surface area contributed by atoms with E-state index in [9.17, 15) is 4.79 Å². The second-order valence-electron chi connectivity index (χ2n) is 3.06. The van der Waals surface area contributed by atoms with E-state index in [2.05, 4.69) is 10.6 Å². The molecular formula is C6H11ClN2O. The maximum atomic E-state index is 10.7. The van der Waals surface area contributed by atoms with Crippen molar-refractivity contribution in [2.45, 2.75) is 6.42 Å². The fourth-order valence-electron chi connectivity index (χ4n) is 1.48. The number of hydrogen-bond donors (Lipinski definition) is 2. The van der Waals surface area contributed by atoms with Crippen molar-refractivity contribution in [1.82, 2.24) is 10.6 Å². The van der Waals surface area contributed by atoms with E-state index in [4.69, 9.17) is 0 Å². The summed E-state index contributed by atoms with van der Waals surface area (Å²) in [6, 6.07) is 0. The SMILES string of the molecule is Cl.O=C1CC2(CNC2)CN1. The summed E-state index contributed by atoms with van der Waals surface area (Å²) in [5.41, 5.74) is 0.317. The Morgan fingerprint density at radius 3 is 2.20 bits per heavy atom. The van der Waals surface area contributed by atoms with E-state index in [1.807, 2.05) is 0 Å². The summed E-state index contributed by atoms with van der Waals surface area (Å²) in [6.45, 7) is 2.93. The number of halogens is 1. The number of amides is 1. The third-order valence-corrected chi connectivity index (χ3v) is 2.20. The average Bonchev–Trinajstić information content (AvgIpc) is 2.09. The molecule has 2 heterocycles. The Morgan fingerprint density at radius 2 is 2.00 bits per heavy atom. The molecule has 10 heavy (non-hydrogen) atoms. The molecule has 4 heteroatoms. The van der Waals surface area contributed by atoms with Crippen molar-refractivity contribution in [1.29, 1.82) is 0 Å². The van der Waals surface area contributed by atoms with Crippen molar-refractivity contribution in [3.8, 4) is 0 Å². The summed E-state index contributed by atoms with van der Waals surface area (Å²) in [6.07, 6.45) is 0.736. The molecule has 58 valence electrons. The summed E-state index contributed by atoms with van der Waals surface area (Å²) >= 11 is 0. The van der Waals surface area contributed by atoms with Gasteiger partial charge in [0.25, 0.3) is 0 Å². The molecule has 2 fully saturated rings. The molecule has 3 nitrogen and oxygen atoms in total. The predicted molar refractivity (Wildman–Crippen MR) is 40.2 cm³/mol. The molecule has 2 aliphatic rings. The van der Waals surface area contributed by atoms with Crippen LogP contribution in [0.4, 0.5) is 0 Å². The lowest BCUT2D eigenvalue weighted by atomic mass is 9.81. The molecule has 0 saturated carbocycles. The molecule has 1 amide bonds. The lowest BCUT2D eigenvalue weighted by Crippen LogP contribution is -2.54. The molecule has 0 atom stereocenters. The number of rotatable bonds is 0. The first-order valence-corrected chi connectivity index (χ1v) is 3.28. The molecule has 2 N–H and O–H groups in total. The third kappa shape index (κ3) is 0.995. The topological polar surface area (TPSA) is 41.1 Å². The molecule has 2 rings (SSSR count). The Balaban J connectivity index is 0.000000500. The van der Waals surface area contributed by atoms with Gasteiger partial charge in [-0.1, -0.05) is 0 Å². The van der Waals surface area contributed by atoms with Gasteiger partial charge in [0.15, 0.2) is 0 Å². The summed E-state index contributed by atoms with van der Waals surface area (Å²) in [7, 11) is 0. The second-order valence-corrected chi connectivity index (χ2v) is 3.06. The minimum Gasteiger partial charge on any atom is -0.355 e. The Hall–Kier alpha value is -0.280. The van der Waals surface area contributed by atoms with Crippen molar-refractivity contribution >= 4 is 18.3 Å². The maximum Gasteiger partial charge on any atom is 0.220 e. The van der Waals surface area contributed by atoms with E-state index in [1.165, 1.54) is 0 Å². The summed E-state index contributed by atoms with van der Waals surface area (Å²) in [5, 5.41) is 6.01. The number of nitrogens with one attached hydrogen (secondary N) is 2. The van der Waals surface area contributed by atoms with Crippen LogP contribution in [-0.2, 0) is 4.79 Å². The van der Waals surface area contributed by atoms with Crippen LogP contribution in [0.1, 0.15) is 6.42 Å². The first-order valence-electron chi connectivity index (χ1n) is 3.28. The third-order valence-electron chi connectivity index (χ3n) is 2.20. The van der Waals surface area contributed by atoms with E-state index in [0.29, 0.717) is 5.41 Å². The van der Waals surface area contributed by atoms with Gasteiger partial charge in [0, 0.05) is 31.5 Å². The second kappa shape index (κ2) is 2.40. The van der Waals surface area contributed by atoms with Crippen molar-refractivity contribution in [2.75, 3.05) is 19.6 Å². The van der Waals surface area contributed by atoms with Gasteiger partial charge in [-0.05, 0) is 0 Å². The molecule has 0 aromatic carbocycles. The Bertz CT molecular complexity index is 156. The van der Waals surface area contributed by atoms with Crippen LogP contribution in [-0.4, -0.2) is 25.5 Å². The van der Waals surface area contributed by atoms with Gasteiger partial charge in [-0.3, -0.25) is 4.79 Å². The first-order chi connectivity index (χ1) is 4.31. The average molecular weight is 163 g/mol. The highest BCUT2D eigenvalue weighted by atomic mass is 35.5. The zero-order valence-corrected chi connectivity index (χ0v) is 6.46. The molecule has 0 bridgehead atoms. The molecule has 2 aliphatic heterocycles. The van der Waals surface area contributed by atoms with Crippen LogP contribution in [0.15, 0.2) is 0 Å². The summed E-state index contributed by atoms with van der Waals surface area (Å²) < 4.78 is 0. The molecule has 0 aromatic rings. The van der Waals surface area contributed by atoms with Gasteiger partial charge in [-0.25, -0.2) is 0 Å². The van der Waals surface area contributed by atoms with Gasteiger partial charge < -0.3 is 10.6 Å².